The maximum Gasteiger partial charge on any atom is 0.262 e. The van der Waals surface area contributed by atoms with Crippen molar-refractivity contribution >= 4 is 33.1 Å². The van der Waals surface area contributed by atoms with Crippen molar-refractivity contribution in [2.45, 2.75) is 26.2 Å². The first-order valence-corrected chi connectivity index (χ1v) is 9.46. The maximum absolute atomic E-state index is 13.2. The van der Waals surface area contributed by atoms with Gasteiger partial charge >= 0.3 is 0 Å². The fourth-order valence-corrected chi connectivity index (χ4v) is 4.60. The van der Waals surface area contributed by atoms with Crippen molar-refractivity contribution < 1.29 is 18.3 Å². The molecule has 4 rings (SSSR count). The molecule has 2 aromatic heterocycles. The Labute approximate surface area is 158 Å². The molecule has 27 heavy (non-hydrogen) atoms. The molecule has 1 aliphatic carbocycles. The second kappa shape index (κ2) is 7.19. The predicted molar refractivity (Wildman–Crippen MR) is 99.1 cm³/mol. The van der Waals surface area contributed by atoms with Crippen LogP contribution in [0.2, 0.25) is 0 Å². The lowest BCUT2D eigenvalue weighted by molar-refractivity contribution is -0.118. The monoisotopic (exact) mass is 389 g/mol. The number of carbonyl (C=O) groups is 1. The Morgan fingerprint density at radius 2 is 2.19 bits per heavy atom. The average Bonchev–Trinajstić information content (AvgIpc) is 3.01. The molecule has 140 valence electrons. The average molecular weight is 389 g/mol. The number of rotatable bonds is 4. The van der Waals surface area contributed by atoms with Crippen molar-refractivity contribution in [3.05, 3.63) is 46.6 Å². The summed E-state index contributed by atoms with van der Waals surface area (Å²) in [6.07, 6.45) is 4.49. The van der Waals surface area contributed by atoms with Gasteiger partial charge in [-0.25, -0.2) is 18.7 Å². The van der Waals surface area contributed by atoms with Gasteiger partial charge in [-0.3, -0.25) is 4.79 Å². The summed E-state index contributed by atoms with van der Waals surface area (Å²) in [5.74, 6) is -1.45. The number of hydrogen-bond donors (Lipinski definition) is 1. The molecule has 1 aliphatic rings. The van der Waals surface area contributed by atoms with Crippen molar-refractivity contribution in [1.29, 1.82) is 0 Å². The van der Waals surface area contributed by atoms with E-state index in [1.807, 2.05) is 0 Å². The van der Waals surface area contributed by atoms with Gasteiger partial charge in [0.2, 0.25) is 5.88 Å². The molecule has 5 nitrogen and oxygen atoms in total. The molecule has 0 saturated heterocycles. The molecule has 0 saturated carbocycles. The number of carbonyl (C=O) groups excluding carboxylic acids is 1. The van der Waals surface area contributed by atoms with Crippen LogP contribution < -0.4 is 10.1 Å². The molecule has 0 spiro atoms. The molecule has 2 heterocycles. The highest BCUT2D eigenvalue weighted by Gasteiger charge is 2.24. The summed E-state index contributed by atoms with van der Waals surface area (Å²) >= 11 is 1.65. The van der Waals surface area contributed by atoms with Crippen molar-refractivity contribution in [3.8, 4) is 5.88 Å². The normalized spacial score (nSPS) is 16.2. The van der Waals surface area contributed by atoms with Gasteiger partial charge in [0.05, 0.1) is 5.39 Å². The quantitative estimate of drug-likeness (QED) is 0.729. The predicted octanol–water partition coefficient (Wildman–Crippen LogP) is 4.11. The zero-order valence-corrected chi connectivity index (χ0v) is 15.4. The Hall–Kier alpha value is -2.61. The standard InChI is InChI=1S/C19H17F2N3O2S/c1-10-2-4-12-15(6-10)27-19-17(12)18(22-9-23-19)26-8-16(25)24-11-3-5-13(20)14(21)7-11/h3,5,7,9-10H,2,4,6,8H2,1H3,(H,24,25). The lowest BCUT2D eigenvalue weighted by Gasteiger charge is -2.18. The first-order valence-electron chi connectivity index (χ1n) is 8.64. The van der Waals surface area contributed by atoms with E-state index in [0.29, 0.717) is 11.8 Å². The molecule has 1 unspecified atom stereocenters. The molecule has 8 heteroatoms. The van der Waals surface area contributed by atoms with Gasteiger partial charge in [-0.1, -0.05) is 6.92 Å². The van der Waals surface area contributed by atoms with Crippen LogP contribution in [-0.2, 0) is 17.6 Å². The number of aromatic nitrogens is 2. The third kappa shape index (κ3) is 3.62. The second-order valence-electron chi connectivity index (χ2n) is 6.68. The van der Waals surface area contributed by atoms with Crippen LogP contribution in [0.3, 0.4) is 0 Å². The number of amides is 1. The van der Waals surface area contributed by atoms with Gasteiger partial charge in [0.1, 0.15) is 11.2 Å². The van der Waals surface area contributed by atoms with Gasteiger partial charge in [0.25, 0.3) is 5.91 Å². The third-order valence-electron chi connectivity index (χ3n) is 4.60. The van der Waals surface area contributed by atoms with Crippen molar-refractivity contribution in [3.63, 3.8) is 0 Å². The zero-order valence-electron chi connectivity index (χ0n) is 14.6. The molecule has 0 aliphatic heterocycles. The second-order valence-corrected chi connectivity index (χ2v) is 7.76. The smallest absolute Gasteiger partial charge is 0.262 e. The number of aryl methyl sites for hydroxylation is 1. The van der Waals surface area contributed by atoms with Crippen LogP contribution >= 0.6 is 11.3 Å². The van der Waals surface area contributed by atoms with Crippen LogP contribution in [0.25, 0.3) is 10.2 Å². The number of ether oxygens (including phenoxy) is 1. The Kier molecular flexibility index (Phi) is 4.73. The Morgan fingerprint density at radius 1 is 1.33 bits per heavy atom. The van der Waals surface area contributed by atoms with E-state index in [1.165, 1.54) is 22.8 Å². The third-order valence-corrected chi connectivity index (χ3v) is 5.76. The van der Waals surface area contributed by atoms with Gasteiger partial charge in [-0.2, -0.15) is 0 Å². The van der Waals surface area contributed by atoms with Crippen LogP contribution in [0, 0.1) is 17.6 Å². The fourth-order valence-electron chi connectivity index (χ4n) is 3.26. The maximum atomic E-state index is 13.2. The van der Waals surface area contributed by atoms with Crippen LogP contribution in [0.5, 0.6) is 5.88 Å². The van der Waals surface area contributed by atoms with Gasteiger partial charge in [-0.05, 0) is 42.9 Å². The molecule has 0 fully saturated rings. The lowest BCUT2D eigenvalue weighted by Crippen LogP contribution is -2.20. The number of anilines is 1. The van der Waals surface area contributed by atoms with Crippen molar-refractivity contribution in [2.24, 2.45) is 5.92 Å². The minimum atomic E-state index is -1.02. The molecule has 3 aromatic rings. The summed E-state index contributed by atoms with van der Waals surface area (Å²) in [4.78, 5) is 22.8. The number of benzene rings is 1. The molecular weight excluding hydrogens is 372 g/mol. The van der Waals surface area contributed by atoms with E-state index in [1.54, 1.807) is 11.3 Å². The van der Waals surface area contributed by atoms with Crippen molar-refractivity contribution in [2.75, 3.05) is 11.9 Å². The highest BCUT2D eigenvalue weighted by molar-refractivity contribution is 7.18. The molecule has 0 radical (unpaired) electrons. The minimum Gasteiger partial charge on any atom is -0.467 e. The van der Waals surface area contributed by atoms with Crippen LogP contribution in [-0.4, -0.2) is 22.5 Å². The molecule has 1 atom stereocenters. The summed E-state index contributed by atoms with van der Waals surface area (Å²) in [5, 5.41) is 3.36. The van der Waals surface area contributed by atoms with Crippen LogP contribution in [0.15, 0.2) is 24.5 Å². The zero-order chi connectivity index (χ0) is 19.0. The molecule has 1 amide bonds. The van der Waals surface area contributed by atoms with Crippen LogP contribution in [0.4, 0.5) is 14.5 Å². The van der Waals surface area contributed by atoms with Gasteiger partial charge in [-0.15, -0.1) is 11.3 Å². The van der Waals surface area contributed by atoms with E-state index in [2.05, 4.69) is 22.2 Å². The van der Waals surface area contributed by atoms with E-state index in [9.17, 15) is 13.6 Å². The first-order chi connectivity index (χ1) is 13.0. The number of nitrogens with one attached hydrogen (secondary N) is 1. The summed E-state index contributed by atoms with van der Waals surface area (Å²) in [6, 6.07) is 3.17. The van der Waals surface area contributed by atoms with Gasteiger partial charge in [0, 0.05) is 16.6 Å². The van der Waals surface area contributed by atoms with Crippen LogP contribution in [0.1, 0.15) is 23.8 Å². The molecular formula is C19H17F2N3O2S. The van der Waals surface area contributed by atoms with Crippen molar-refractivity contribution in [1.82, 2.24) is 9.97 Å². The highest BCUT2D eigenvalue weighted by Crippen LogP contribution is 2.40. The molecule has 1 N–H and O–H groups in total. The van der Waals surface area contributed by atoms with E-state index < -0.39 is 17.5 Å². The number of hydrogen-bond acceptors (Lipinski definition) is 5. The Bertz CT molecular complexity index is 1020. The first kappa shape index (κ1) is 17.8. The number of thiophene rings is 1. The van der Waals surface area contributed by atoms with E-state index in [4.69, 9.17) is 4.74 Å². The van der Waals surface area contributed by atoms with E-state index >= 15 is 0 Å². The minimum absolute atomic E-state index is 0.164. The summed E-state index contributed by atoms with van der Waals surface area (Å²) in [7, 11) is 0. The lowest BCUT2D eigenvalue weighted by atomic mass is 9.89. The number of halogens is 2. The summed E-state index contributed by atoms with van der Waals surface area (Å²) in [5.41, 5.74) is 1.38. The highest BCUT2D eigenvalue weighted by atomic mass is 32.1. The van der Waals surface area contributed by atoms with E-state index in [-0.39, 0.29) is 12.3 Å². The SMILES string of the molecule is CC1CCc2c(sc3ncnc(OCC(=O)Nc4ccc(F)c(F)c4)c23)C1. The molecule has 1 aromatic carbocycles. The summed E-state index contributed by atoms with van der Waals surface area (Å²) < 4.78 is 31.8. The summed E-state index contributed by atoms with van der Waals surface area (Å²) in [6.45, 7) is 1.95. The number of nitrogens with zero attached hydrogens (tertiary/aromatic N) is 2. The number of fused-ring (bicyclic) bond motifs is 3. The van der Waals surface area contributed by atoms with Gasteiger partial charge in [0.15, 0.2) is 18.2 Å². The fraction of sp³-hybridized carbons (Fsp3) is 0.316. The topological polar surface area (TPSA) is 64.1 Å². The molecule has 0 bridgehead atoms. The van der Waals surface area contributed by atoms with E-state index in [0.717, 1.165) is 41.6 Å². The Balaban J connectivity index is 1.50. The van der Waals surface area contributed by atoms with Gasteiger partial charge < -0.3 is 10.1 Å². The Morgan fingerprint density at radius 3 is 3.00 bits per heavy atom. The largest absolute Gasteiger partial charge is 0.467 e.